The first-order valence-corrected chi connectivity index (χ1v) is 3.16. The molecular formula is C6H8N2S. The SMILES string of the molecule is C=CC(S)c1ncc[nH]1. The van der Waals surface area contributed by atoms with Crippen LogP contribution in [0.4, 0.5) is 0 Å². The highest BCUT2D eigenvalue weighted by atomic mass is 32.1. The van der Waals surface area contributed by atoms with E-state index in [1.165, 1.54) is 0 Å². The molecule has 0 fully saturated rings. The third kappa shape index (κ3) is 1.36. The van der Waals surface area contributed by atoms with Crippen LogP contribution in [0.5, 0.6) is 0 Å². The van der Waals surface area contributed by atoms with Gasteiger partial charge in [-0.3, -0.25) is 0 Å². The molecular weight excluding hydrogens is 132 g/mol. The van der Waals surface area contributed by atoms with Crippen molar-refractivity contribution in [3.8, 4) is 0 Å². The number of rotatable bonds is 2. The number of thiol groups is 1. The Morgan fingerprint density at radius 2 is 2.67 bits per heavy atom. The molecule has 1 rings (SSSR count). The number of hydrogen-bond donors (Lipinski definition) is 2. The van der Waals surface area contributed by atoms with E-state index in [2.05, 4.69) is 29.2 Å². The second kappa shape index (κ2) is 2.73. The lowest BCUT2D eigenvalue weighted by Gasteiger charge is -1.96. The highest BCUT2D eigenvalue weighted by Crippen LogP contribution is 2.14. The van der Waals surface area contributed by atoms with Gasteiger partial charge in [-0.25, -0.2) is 4.98 Å². The van der Waals surface area contributed by atoms with E-state index < -0.39 is 0 Å². The van der Waals surface area contributed by atoms with Crippen LogP contribution in [0.3, 0.4) is 0 Å². The van der Waals surface area contributed by atoms with Crippen molar-refractivity contribution in [2.45, 2.75) is 5.25 Å². The lowest BCUT2D eigenvalue weighted by atomic mass is 10.4. The van der Waals surface area contributed by atoms with Crippen LogP contribution in [-0.4, -0.2) is 9.97 Å². The molecule has 1 heterocycles. The first-order valence-electron chi connectivity index (χ1n) is 2.64. The Morgan fingerprint density at radius 3 is 3.11 bits per heavy atom. The Balaban J connectivity index is 2.76. The third-order valence-electron chi connectivity index (χ3n) is 1.02. The van der Waals surface area contributed by atoms with Crippen LogP contribution in [0.2, 0.25) is 0 Å². The van der Waals surface area contributed by atoms with Crippen LogP contribution in [0.25, 0.3) is 0 Å². The van der Waals surface area contributed by atoms with Crippen molar-refractivity contribution in [3.05, 3.63) is 30.9 Å². The molecule has 1 N–H and O–H groups in total. The molecule has 1 aromatic heterocycles. The molecule has 0 radical (unpaired) electrons. The zero-order valence-electron chi connectivity index (χ0n) is 4.91. The molecule has 9 heavy (non-hydrogen) atoms. The van der Waals surface area contributed by atoms with E-state index in [0.29, 0.717) is 0 Å². The van der Waals surface area contributed by atoms with Gasteiger partial charge in [-0.1, -0.05) is 6.08 Å². The largest absolute Gasteiger partial charge is 0.347 e. The minimum Gasteiger partial charge on any atom is -0.347 e. The molecule has 0 aliphatic heterocycles. The second-order valence-electron chi connectivity index (χ2n) is 1.65. The molecule has 0 aromatic carbocycles. The third-order valence-corrected chi connectivity index (χ3v) is 1.48. The number of aromatic nitrogens is 2. The summed E-state index contributed by atoms with van der Waals surface area (Å²) in [6.45, 7) is 3.58. The molecule has 1 atom stereocenters. The molecule has 3 heteroatoms. The average Bonchev–Trinajstić information content (AvgIpc) is 2.37. The van der Waals surface area contributed by atoms with Crippen molar-refractivity contribution >= 4 is 12.6 Å². The number of hydrogen-bond acceptors (Lipinski definition) is 2. The normalized spacial score (nSPS) is 13.0. The summed E-state index contributed by atoms with van der Waals surface area (Å²) in [6.07, 6.45) is 5.19. The quantitative estimate of drug-likeness (QED) is 0.473. The summed E-state index contributed by atoms with van der Waals surface area (Å²) in [5.41, 5.74) is 0. The van der Waals surface area contributed by atoms with Crippen LogP contribution in [0, 0.1) is 0 Å². The predicted octanol–water partition coefficient (Wildman–Crippen LogP) is 1.57. The van der Waals surface area contributed by atoms with Crippen molar-refractivity contribution in [3.63, 3.8) is 0 Å². The molecule has 0 bridgehead atoms. The molecule has 1 aromatic rings. The van der Waals surface area contributed by atoms with Crippen LogP contribution >= 0.6 is 12.6 Å². The molecule has 0 spiro atoms. The number of nitrogens with one attached hydrogen (secondary N) is 1. The highest BCUT2D eigenvalue weighted by molar-refractivity contribution is 7.80. The summed E-state index contributed by atoms with van der Waals surface area (Å²) in [5.74, 6) is 0.841. The summed E-state index contributed by atoms with van der Waals surface area (Å²) in [4.78, 5) is 6.91. The zero-order chi connectivity index (χ0) is 6.69. The summed E-state index contributed by atoms with van der Waals surface area (Å²) >= 11 is 4.17. The molecule has 0 aliphatic rings. The molecule has 2 nitrogen and oxygen atoms in total. The number of imidazole rings is 1. The maximum atomic E-state index is 4.17. The van der Waals surface area contributed by atoms with Gasteiger partial charge in [-0.2, -0.15) is 12.6 Å². The first-order chi connectivity index (χ1) is 4.34. The monoisotopic (exact) mass is 140 g/mol. The Morgan fingerprint density at radius 1 is 1.89 bits per heavy atom. The van der Waals surface area contributed by atoms with Gasteiger partial charge in [-0.05, 0) is 0 Å². The maximum absolute atomic E-state index is 4.17. The van der Waals surface area contributed by atoms with E-state index in [9.17, 15) is 0 Å². The Hall–Kier alpha value is -0.700. The van der Waals surface area contributed by atoms with E-state index in [1.807, 2.05) is 0 Å². The Bertz CT molecular complexity index is 181. The van der Waals surface area contributed by atoms with Crippen LogP contribution in [0.15, 0.2) is 25.0 Å². The lowest BCUT2D eigenvalue weighted by Crippen LogP contribution is -1.86. The zero-order valence-corrected chi connectivity index (χ0v) is 5.81. The minimum atomic E-state index is 0.0278. The first kappa shape index (κ1) is 6.42. The van der Waals surface area contributed by atoms with Gasteiger partial charge in [0.1, 0.15) is 5.82 Å². The van der Waals surface area contributed by atoms with Gasteiger partial charge in [-0.15, -0.1) is 6.58 Å². The number of aromatic amines is 1. The van der Waals surface area contributed by atoms with Crippen molar-refractivity contribution in [1.29, 1.82) is 0 Å². The van der Waals surface area contributed by atoms with Crippen LogP contribution in [-0.2, 0) is 0 Å². The van der Waals surface area contributed by atoms with Gasteiger partial charge in [0, 0.05) is 12.4 Å². The van der Waals surface area contributed by atoms with Crippen molar-refractivity contribution < 1.29 is 0 Å². The lowest BCUT2D eigenvalue weighted by molar-refractivity contribution is 1.04. The number of H-pyrrole nitrogens is 1. The van der Waals surface area contributed by atoms with Gasteiger partial charge in [0.2, 0.25) is 0 Å². The molecule has 1 unspecified atom stereocenters. The average molecular weight is 140 g/mol. The Labute approximate surface area is 59.4 Å². The van der Waals surface area contributed by atoms with Crippen molar-refractivity contribution in [1.82, 2.24) is 9.97 Å². The fourth-order valence-corrected chi connectivity index (χ4v) is 0.692. The molecule has 0 amide bonds. The van der Waals surface area contributed by atoms with Crippen LogP contribution in [0.1, 0.15) is 11.1 Å². The second-order valence-corrected chi connectivity index (χ2v) is 2.21. The molecule has 0 saturated heterocycles. The molecule has 0 aliphatic carbocycles. The van der Waals surface area contributed by atoms with E-state index in [4.69, 9.17) is 0 Å². The van der Waals surface area contributed by atoms with Gasteiger partial charge >= 0.3 is 0 Å². The summed E-state index contributed by atoms with van der Waals surface area (Å²) in [6, 6.07) is 0. The van der Waals surface area contributed by atoms with E-state index >= 15 is 0 Å². The van der Waals surface area contributed by atoms with Gasteiger partial charge in [0.05, 0.1) is 5.25 Å². The summed E-state index contributed by atoms with van der Waals surface area (Å²) in [7, 11) is 0. The molecule has 0 saturated carbocycles. The fraction of sp³-hybridized carbons (Fsp3) is 0.167. The standard InChI is InChI=1S/C6H8N2S/c1-2-5(9)6-7-3-4-8-6/h2-5,9H,1H2,(H,7,8). The summed E-state index contributed by atoms with van der Waals surface area (Å²) in [5, 5.41) is 0.0278. The number of nitrogens with zero attached hydrogens (tertiary/aromatic N) is 1. The fourth-order valence-electron chi connectivity index (χ4n) is 0.551. The van der Waals surface area contributed by atoms with E-state index in [-0.39, 0.29) is 5.25 Å². The molecule has 48 valence electrons. The Kier molecular flexibility index (Phi) is 1.95. The summed E-state index contributed by atoms with van der Waals surface area (Å²) < 4.78 is 0. The highest BCUT2D eigenvalue weighted by Gasteiger charge is 2.00. The van der Waals surface area contributed by atoms with Gasteiger partial charge < -0.3 is 4.98 Å². The smallest absolute Gasteiger partial charge is 0.122 e. The van der Waals surface area contributed by atoms with E-state index in [0.717, 1.165) is 5.82 Å². The van der Waals surface area contributed by atoms with Gasteiger partial charge in [0.25, 0.3) is 0 Å². The topological polar surface area (TPSA) is 28.7 Å². The van der Waals surface area contributed by atoms with Gasteiger partial charge in [0.15, 0.2) is 0 Å². The van der Waals surface area contributed by atoms with Crippen LogP contribution < -0.4 is 0 Å². The minimum absolute atomic E-state index is 0.0278. The van der Waals surface area contributed by atoms with Crippen molar-refractivity contribution in [2.24, 2.45) is 0 Å². The predicted molar refractivity (Wildman–Crippen MR) is 40.5 cm³/mol. The van der Waals surface area contributed by atoms with Crippen molar-refractivity contribution in [2.75, 3.05) is 0 Å². The maximum Gasteiger partial charge on any atom is 0.122 e. The van der Waals surface area contributed by atoms with E-state index in [1.54, 1.807) is 18.5 Å².